The first-order chi connectivity index (χ1) is 23.1. The molecule has 1 unspecified atom stereocenters. The molecule has 1 atom stereocenters. The van der Waals surface area contributed by atoms with Crippen LogP contribution in [0.15, 0.2) is 77.7 Å². The van der Waals surface area contributed by atoms with Gasteiger partial charge in [-0.25, -0.2) is 13.2 Å². The van der Waals surface area contributed by atoms with Crippen molar-refractivity contribution in [2.45, 2.75) is 82.1 Å². The van der Waals surface area contributed by atoms with Gasteiger partial charge in [0.25, 0.3) is 15.9 Å². The fourth-order valence-electron chi connectivity index (χ4n) is 7.28. The van der Waals surface area contributed by atoms with Gasteiger partial charge in [-0.1, -0.05) is 68.5 Å². The molecule has 2 aliphatic carbocycles. The van der Waals surface area contributed by atoms with Gasteiger partial charge in [0, 0.05) is 17.8 Å². The van der Waals surface area contributed by atoms with Crippen molar-refractivity contribution in [3.8, 4) is 0 Å². The summed E-state index contributed by atoms with van der Waals surface area (Å²) in [5, 5.41) is 17.4. The summed E-state index contributed by atoms with van der Waals surface area (Å²) in [6, 6.07) is 19.5. The highest BCUT2D eigenvalue weighted by atomic mass is 32.2. The van der Waals surface area contributed by atoms with Crippen LogP contribution >= 0.6 is 0 Å². The lowest BCUT2D eigenvalue weighted by atomic mass is 9.69. The van der Waals surface area contributed by atoms with Gasteiger partial charge in [-0.15, -0.1) is 0 Å². The molecule has 0 bridgehead atoms. The number of aryl methyl sites for hydroxylation is 1. The van der Waals surface area contributed by atoms with Crippen molar-refractivity contribution in [1.82, 2.24) is 10.6 Å². The molecule has 3 aromatic rings. The summed E-state index contributed by atoms with van der Waals surface area (Å²) in [6.45, 7) is 1.91. The van der Waals surface area contributed by atoms with Gasteiger partial charge in [0.05, 0.1) is 18.2 Å². The van der Waals surface area contributed by atoms with Crippen LogP contribution in [0, 0.1) is 24.7 Å². The highest BCUT2D eigenvalue weighted by Gasteiger charge is 2.33. The fourth-order valence-corrected chi connectivity index (χ4v) is 8.49. The SMILES string of the molecule is Cc1cccc(NS(=O)(=O)c2ccccc2NC(=O)NC(c2ccc(C(=O)NCCC(=O)O)cc2)C2CCC(C3CCCCC3)CC2)c1. The van der Waals surface area contributed by atoms with Crippen LogP contribution in [0.3, 0.4) is 0 Å². The number of anilines is 2. The van der Waals surface area contributed by atoms with Gasteiger partial charge in [-0.05, 0) is 97.9 Å². The number of carbonyl (C=O) groups excluding carboxylic acids is 2. The highest BCUT2D eigenvalue weighted by molar-refractivity contribution is 7.92. The molecular formula is C37H46N4O6S. The van der Waals surface area contributed by atoms with E-state index in [0.29, 0.717) is 17.2 Å². The van der Waals surface area contributed by atoms with Gasteiger partial charge in [0.2, 0.25) is 0 Å². The normalized spacial score (nSPS) is 19.1. The van der Waals surface area contributed by atoms with Crippen molar-refractivity contribution in [2.75, 3.05) is 16.6 Å². The Morgan fingerprint density at radius 1 is 0.833 bits per heavy atom. The second-order valence-electron chi connectivity index (χ2n) is 13.1. The molecule has 0 aromatic heterocycles. The summed E-state index contributed by atoms with van der Waals surface area (Å²) in [5.74, 6) is 0.285. The van der Waals surface area contributed by atoms with Crippen molar-refractivity contribution in [3.05, 3.63) is 89.5 Å². The van der Waals surface area contributed by atoms with Crippen LogP contribution in [0.2, 0.25) is 0 Å². The van der Waals surface area contributed by atoms with Crippen LogP contribution in [-0.2, 0) is 14.8 Å². The van der Waals surface area contributed by atoms with Crippen LogP contribution in [0.25, 0.3) is 0 Å². The third-order valence-electron chi connectivity index (χ3n) is 9.74. The summed E-state index contributed by atoms with van der Waals surface area (Å²) in [5.41, 5.74) is 2.73. The third-order valence-corrected chi connectivity index (χ3v) is 11.2. The number of carboxylic acid groups (broad SMARTS) is 1. The Labute approximate surface area is 283 Å². The summed E-state index contributed by atoms with van der Waals surface area (Å²) >= 11 is 0. The van der Waals surface area contributed by atoms with Crippen molar-refractivity contribution >= 4 is 39.3 Å². The Bertz CT molecular complexity index is 1680. The zero-order valence-corrected chi connectivity index (χ0v) is 28.2. The molecule has 10 nitrogen and oxygen atoms in total. The van der Waals surface area contributed by atoms with E-state index in [4.69, 9.17) is 5.11 Å². The minimum absolute atomic E-state index is 0.0300. The summed E-state index contributed by atoms with van der Waals surface area (Å²) in [7, 11) is -4.01. The zero-order chi connectivity index (χ0) is 34.1. The van der Waals surface area contributed by atoms with Gasteiger partial charge in [-0.3, -0.25) is 14.3 Å². The lowest BCUT2D eigenvalue weighted by Crippen LogP contribution is -2.38. The van der Waals surface area contributed by atoms with Gasteiger partial charge in [0.1, 0.15) is 4.90 Å². The molecule has 256 valence electrons. The van der Waals surface area contributed by atoms with Gasteiger partial charge in [-0.2, -0.15) is 0 Å². The quantitative estimate of drug-likeness (QED) is 0.136. The maximum absolute atomic E-state index is 13.6. The van der Waals surface area contributed by atoms with E-state index in [0.717, 1.165) is 42.7 Å². The smallest absolute Gasteiger partial charge is 0.319 e. The van der Waals surface area contributed by atoms with E-state index in [1.807, 2.05) is 25.1 Å². The first-order valence-electron chi connectivity index (χ1n) is 16.9. The van der Waals surface area contributed by atoms with Crippen LogP contribution in [-0.4, -0.2) is 38.0 Å². The number of nitrogens with one attached hydrogen (secondary N) is 4. The summed E-state index contributed by atoms with van der Waals surface area (Å²) in [6.07, 6.45) is 10.5. The predicted molar refractivity (Wildman–Crippen MR) is 186 cm³/mol. The number of para-hydroxylation sites is 1. The zero-order valence-electron chi connectivity index (χ0n) is 27.4. The molecule has 0 saturated heterocycles. The van der Waals surface area contributed by atoms with Crippen LogP contribution in [0.5, 0.6) is 0 Å². The Morgan fingerprint density at radius 2 is 1.52 bits per heavy atom. The maximum atomic E-state index is 13.6. The Kier molecular flexibility index (Phi) is 11.8. The van der Waals surface area contributed by atoms with Crippen LogP contribution in [0.1, 0.15) is 91.7 Å². The number of carbonyl (C=O) groups is 3. The maximum Gasteiger partial charge on any atom is 0.319 e. The number of amides is 3. The molecule has 11 heteroatoms. The van der Waals surface area contributed by atoms with E-state index < -0.39 is 22.0 Å². The molecule has 0 radical (unpaired) electrons. The largest absolute Gasteiger partial charge is 0.481 e. The van der Waals surface area contributed by atoms with Gasteiger partial charge in [0.15, 0.2) is 0 Å². The number of urea groups is 1. The van der Waals surface area contributed by atoms with Crippen LogP contribution < -0.4 is 20.7 Å². The Balaban J connectivity index is 1.32. The number of benzene rings is 3. The van der Waals surface area contributed by atoms with Crippen molar-refractivity contribution in [2.24, 2.45) is 17.8 Å². The topological polar surface area (TPSA) is 154 Å². The molecule has 0 spiro atoms. The number of hydrogen-bond acceptors (Lipinski definition) is 5. The first-order valence-corrected chi connectivity index (χ1v) is 18.4. The molecule has 2 fully saturated rings. The average molecular weight is 675 g/mol. The first kappa shape index (κ1) is 34.9. The van der Waals surface area contributed by atoms with E-state index in [1.165, 1.54) is 38.2 Å². The summed E-state index contributed by atoms with van der Waals surface area (Å²) < 4.78 is 29.4. The third kappa shape index (κ3) is 9.37. The van der Waals surface area contributed by atoms with E-state index >= 15 is 0 Å². The summed E-state index contributed by atoms with van der Waals surface area (Å²) in [4.78, 5) is 37.0. The molecule has 3 aromatic carbocycles. The van der Waals surface area contributed by atoms with E-state index in [-0.39, 0.29) is 41.4 Å². The monoisotopic (exact) mass is 674 g/mol. The van der Waals surface area contributed by atoms with E-state index in [9.17, 15) is 22.8 Å². The second kappa shape index (κ2) is 16.1. The van der Waals surface area contributed by atoms with E-state index in [1.54, 1.807) is 48.5 Å². The molecule has 5 rings (SSSR count). The fraction of sp³-hybridized carbons (Fsp3) is 0.432. The molecule has 48 heavy (non-hydrogen) atoms. The lowest BCUT2D eigenvalue weighted by molar-refractivity contribution is -0.136. The molecule has 2 aliphatic rings. The van der Waals surface area contributed by atoms with E-state index in [2.05, 4.69) is 20.7 Å². The second-order valence-corrected chi connectivity index (χ2v) is 14.8. The minimum Gasteiger partial charge on any atom is -0.481 e. The average Bonchev–Trinajstić information content (AvgIpc) is 3.07. The van der Waals surface area contributed by atoms with Gasteiger partial charge >= 0.3 is 12.0 Å². The van der Waals surface area contributed by atoms with Crippen molar-refractivity contribution in [1.29, 1.82) is 0 Å². The molecule has 3 amide bonds. The molecular weight excluding hydrogens is 628 g/mol. The minimum atomic E-state index is -4.01. The van der Waals surface area contributed by atoms with Crippen molar-refractivity contribution in [3.63, 3.8) is 0 Å². The number of hydrogen-bond donors (Lipinski definition) is 5. The predicted octanol–water partition coefficient (Wildman–Crippen LogP) is 7.25. The highest BCUT2D eigenvalue weighted by Crippen LogP contribution is 2.43. The molecule has 5 N–H and O–H groups in total. The number of rotatable bonds is 12. The molecule has 2 saturated carbocycles. The number of aliphatic carboxylic acids is 1. The molecule has 0 heterocycles. The van der Waals surface area contributed by atoms with Gasteiger partial charge < -0.3 is 21.1 Å². The molecule has 0 aliphatic heterocycles. The standard InChI is InChI=1S/C37H46N4O6S/c1-25-8-7-11-31(24-25)41-48(46,47)33-13-6-5-12-32(33)39-37(45)40-35(28-16-14-27(15-17-28)26-9-3-2-4-10-26)29-18-20-30(21-19-29)36(44)38-23-22-34(42)43/h5-8,11-13,18-21,24,26-28,35,41H,2-4,9-10,14-17,22-23H2,1H3,(H,38,44)(H,42,43)(H2,39,40,45). The van der Waals surface area contributed by atoms with Crippen molar-refractivity contribution < 1.29 is 27.9 Å². The number of carboxylic acids is 1. The van der Waals surface area contributed by atoms with Crippen LogP contribution in [0.4, 0.5) is 16.2 Å². The Hall–Kier alpha value is -4.38. The Morgan fingerprint density at radius 3 is 2.21 bits per heavy atom. The number of sulfonamides is 1. The lowest BCUT2D eigenvalue weighted by Gasteiger charge is -2.38.